The lowest BCUT2D eigenvalue weighted by molar-refractivity contribution is -0.149. The van der Waals surface area contributed by atoms with Gasteiger partial charge in [-0.05, 0) is 51.7 Å². The highest BCUT2D eigenvalue weighted by molar-refractivity contribution is 5.91. The molecule has 3 heterocycles. The van der Waals surface area contributed by atoms with Crippen molar-refractivity contribution in [3.8, 4) is 0 Å². The van der Waals surface area contributed by atoms with Gasteiger partial charge in [-0.3, -0.25) is 14.9 Å². The molecule has 0 spiro atoms. The van der Waals surface area contributed by atoms with E-state index in [1.165, 1.54) is 0 Å². The van der Waals surface area contributed by atoms with Gasteiger partial charge < -0.3 is 15.7 Å². The van der Waals surface area contributed by atoms with Crippen molar-refractivity contribution in [3.63, 3.8) is 0 Å². The molecule has 0 amide bonds. The predicted octanol–water partition coefficient (Wildman–Crippen LogP) is 3.85. The van der Waals surface area contributed by atoms with Crippen LogP contribution in [0.15, 0.2) is 30.5 Å². The van der Waals surface area contributed by atoms with E-state index in [0.717, 1.165) is 35.3 Å². The van der Waals surface area contributed by atoms with Crippen molar-refractivity contribution in [2.45, 2.75) is 45.6 Å². The topological polar surface area (TPSA) is 116 Å². The summed E-state index contributed by atoms with van der Waals surface area (Å²) in [5.74, 6) is 1.40. The lowest BCUT2D eigenvalue weighted by atomic mass is 9.74. The Bertz CT molecular complexity index is 1010. The number of nitrogens with one attached hydrogen (secondary N) is 3. The Morgan fingerprint density at radius 2 is 2.07 bits per heavy atom. The first-order valence-electron chi connectivity index (χ1n) is 9.48. The number of fused-ring (bicyclic) bond motifs is 1. The minimum Gasteiger partial charge on any atom is -0.481 e. The zero-order valence-corrected chi connectivity index (χ0v) is 16.0. The summed E-state index contributed by atoms with van der Waals surface area (Å²) in [6, 6.07) is 7.87. The number of carbonyl (C=O) groups is 1. The lowest BCUT2D eigenvalue weighted by Crippen LogP contribution is -2.36. The molecule has 1 aliphatic carbocycles. The van der Waals surface area contributed by atoms with Crippen LogP contribution in [0.1, 0.15) is 38.3 Å². The molecule has 8 nitrogen and oxygen atoms in total. The van der Waals surface area contributed by atoms with Gasteiger partial charge in [-0.25, -0.2) is 4.98 Å². The Balaban J connectivity index is 1.58. The van der Waals surface area contributed by atoms with Crippen LogP contribution < -0.4 is 10.6 Å². The first-order valence-corrected chi connectivity index (χ1v) is 9.48. The maximum atomic E-state index is 11.5. The third-order valence-corrected chi connectivity index (χ3v) is 5.51. The Labute approximate surface area is 162 Å². The average molecular weight is 380 g/mol. The molecule has 0 aliphatic heterocycles. The summed E-state index contributed by atoms with van der Waals surface area (Å²) < 4.78 is 0. The zero-order valence-electron chi connectivity index (χ0n) is 16.0. The number of aryl methyl sites for hydroxylation is 1. The van der Waals surface area contributed by atoms with E-state index in [4.69, 9.17) is 4.98 Å². The van der Waals surface area contributed by atoms with Crippen LogP contribution in [0.2, 0.25) is 0 Å². The summed E-state index contributed by atoms with van der Waals surface area (Å²) >= 11 is 0. The van der Waals surface area contributed by atoms with Crippen LogP contribution >= 0.6 is 0 Å². The molecule has 0 saturated heterocycles. The first-order chi connectivity index (χ1) is 13.4. The summed E-state index contributed by atoms with van der Waals surface area (Å²) in [6.45, 7) is 3.77. The fraction of sp³-hybridized carbons (Fsp3) is 0.400. The van der Waals surface area contributed by atoms with Crippen LogP contribution in [0.25, 0.3) is 10.9 Å². The molecule has 3 aromatic heterocycles. The van der Waals surface area contributed by atoms with Crippen molar-refractivity contribution in [2.24, 2.45) is 5.41 Å². The van der Waals surface area contributed by atoms with Gasteiger partial charge in [0.1, 0.15) is 11.6 Å². The second-order valence-electron chi connectivity index (χ2n) is 7.77. The van der Waals surface area contributed by atoms with Gasteiger partial charge in [-0.15, -0.1) is 0 Å². The molecular formula is C20H24N6O2. The number of aromatic amines is 1. The monoisotopic (exact) mass is 380 g/mol. The van der Waals surface area contributed by atoms with Crippen molar-refractivity contribution in [1.82, 2.24) is 20.2 Å². The highest BCUT2D eigenvalue weighted by atomic mass is 16.4. The molecule has 0 radical (unpaired) electrons. The highest BCUT2D eigenvalue weighted by Crippen LogP contribution is 2.37. The molecule has 1 saturated carbocycles. The smallest absolute Gasteiger partial charge is 0.309 e. The Morgan fingerprint density at radius 3 is 2.75 bits per heavy atom. The molecule has 28 heavy (non-hydrogen) atoms. The number of carboxylic acids is 1. The van der Waals surface area contributed by atoms with Gasteiger partial charge >= 0.3 is 5.97 Å². The van der Waals surface area contributed by atoms with Gasteiger partial charge in [0.15, 0.2) is 5.82 Å². The van der Waals surface area contributed by atoms with Crippen LogP contribution in [0.4, 0.5) is 17.5 Å². The van der Waals surface area contributed by atoms with Gasteiger partial charge in [0.2, 0.25) is 0 Å². The molecule has 3 aromatic rings. The molecule has 0 bridgehead atoms. The lowest BCUT2D eigenvalue weighted by Gasteiger charge is -2.34. The van der Waals surface area contributed by atoms with Gasteiger partial charge in [0.25, 0.3) is 0 Å². The molecule has 0 aromatic carbocycles. The van der Waals surface area contributed by atoms with E-state index < -0.39 is 11.4 Å². The van der Waals surface area contributed by atoms with Crippen LogP contribution in [-0.4, -0.2) is 37.3 Å². The molecule has 4 rings (SSSR count). The molecule has 146 valence electrons. The van der Waals surface area contributed by atoms with E-state index >= 15 is 0 Å². The number of aromatic nitrogens is 4. The number of carboxylic acid groups (broad SMARTS) is 1. The van der Waals surface area contributed by atoms with E-state index in [9.17, 15) is 9.90 Å². The third-order valence-electron chi connectivity index (χ3n) is 5.51. The van der Waals surface area contributed by atoms with Crippen LogP contribution in [-0.2, 0) is 4.79 Å². The van der Waals surface area contributed by atoms with Gasteiger partial charge in [-0.1, -0.05) is 0 Å². The number of H-pyrrole nitrogens is 1. The van der Waals surface area contributed by atoms with Crippen molar-refractivity contribution in [2.75, 3.05) is 10.6 Å². The fourth-order valence-corrected chi connectivity index (χ4v) is 3.67. The summed E-state index contributed by atoms with van der Waals surface area (Å²) in [7, 11) is 0. The Kier molecular flexibility index (Phi) is 4.62. The largest absolute Gasteiger partial charge is 0.481 e. The second-order valence-corrected chi connectivity index (χ2v) is 7.77. The number of pyridine rings is 2. The maximum absolute atomic E-state index is 11.5. The van der Waals surface area contributed by atoms with Crippen molar-refractivity contribution < 1.29 is 9.90 Å². The highest BCUT2D eigenvalue weighted by Gasteiger charge is 2.37. The molecule has 0 unspecified atom stereocenters. The number of nitrogens with zero attached hydrogens (tertiary/aromatic N) is 3. The second kappa shape index (κ2) is 7.10. The van der Waals surface area contributed by atoms with Crippen molar-refractivity contribution >= 4 is 34.3 Å². The average Bonchev–Trinajstić information content (AvgIpc) is 3.08. The van der Waals surface area contributed by atoms with Crippen molar-refractivity contribution in [1.29, 1.82) is 0 Å². The summed E-state index contributed by atoms with van der Waals surface area (Å²) in [4.78, 5) is 20.7. The molecule has 0 atom stereocenters. The minimum absolute atomic E-state index is 0.186. The molecule has 1 aliphatic rings. The molecule has 8 heteroatoms. The number of aliphatic carboxylic acids is 1. The van der Waals surface area contributed by atoms with E-state index in [2.05, 4.69) is 25.8 Å². The minimum atomic E-state index is -0.709. The van der Waals surface area contributed by atoms with Crippen LogP contribution in [0.5, 0.6) is 0 Å². The number of hydrogen-bond acceptors (Lipinski definition) is 6. The standard InChI is InChI=1S/C20H24N6O2/c1-12-10-17(26-25-12)23-16-11-15-14(4-3-9-21-15)18(24-16)22-13-5-7-20(2,8-6-13)19(27)28/h3-4,9-11,13H,5-8H2,1-2H3,(H,27,28)(H3,22,23,24,25,26). The fourth-order valence-electron chi connectivity index (χ4n) is 3.67. The normalized spacial score (nSPS) is 22.1. The summed E-state index contributed by atoms with van der Waals surface area (Å²) in [5, 5.41) is 24.2. The first kappa shape index (κ1) is 18.2. The number of anilines is 3. The summed E-state index contributed by atoms with van der Waals surface area (Å²) in [5.41, 5.74) is 1.17. The molecule has 1 fully saturated rings. The van der Waals surface area contributed by atoms with E-state index in [1.807, 2.05) is 38.1 Å². The number of rotatable bonds is 5. The molecule has 4 N–H and O–H groups in total. The third kappa shape index (κ3) is 3.62. The van der Waals surface area contributed by atoms with Gasteiger partial charge in [0.05, 0.1) is 10.9 Å². The summed E-state index contributed by atoms with van der Waals surface area (Å²) in [6.07, 6.45) is 4.65. The van der Waals surface area contributed by atoms with Crippen LogP contribution in [0, 0.1) is 12.3 Å². The number of hydrogen-bond donors (Lipinski definition) is 4. The van der Waals surface area contributed by atoms with Crippen LogP contribution in [0.3, 0.4) is 0 Å². The Hall–Kier alpha value is -3.16. The van der Waals surface area contributed by atoms with Crippen molar-refractivity contribution in [3.05, 3.63) is 36.2 Å². The van der Waals surface area contributed by atoms with Gasteiger partial charge in [0, 0.05) is 35.5 Å². The van der Waals surface area contributed by atoms with Gasteiger partial charge in [-0.2, -0.15) is 5.10 Å². The maximum Gasteiger partial charge on any atom is 0.309 e. The van der Waals surface area contributed by atoms with E-state index in [1.54, 1.807) is 6.20 Å². The van der Waals surface area contributed by atoms with E-state index in [0.29, 0.717) is 24.5 Å². The quantitative estimate of drug-likeness (QED) is 0.531. The predicted molar refractivity (Wildman–Crippen MR) is 108 cm³/mol. The molecular weight excluding hydrogens is 356 g/mol. The van der Waals surface area contributed by atoms with E-state index in [-0.39, 0.29) is 6.04 Å². The zero-order chi connectivity index (χ0) is 19.7. The Morgan fingerprint density at radius 1 is 1.29 bits per heavy atom. The SMILES string of the molecule is Cc1cc(Nc2cc3ncccc3c(NC3CCC(C)(C(=O)O)CC3)n2)n[nH]1.